The number of amides is 1. The molecule has 2 N–H and O–H groups in total. The Morgan fingerprint density at radius 1 is 0.822 bits per heavy atom. The van der Waals surface area contributed by atoms with Crippen molar-refractivity contribution in [2.75, 3.05) is 11.9 Å². The Bertz CT molecular complexity index is 1610. The number of phenolic OH excluding ortho intramolecular Hbond substituents is 1. The van der Waals surface area contributed by atoms with Crippen molar-refractivity contribution in [3.63, 3.8) is 0 Å². The van der Waals surface area contributed by atoms with E-state index in [4.69, 9.17) is 23.7 Å². The SMILES string of the molecule is CC(=O)OC[C@H]1O[C@@H](Sc2ccc(NC(=O)c3ccc4ccc(C)nc4c3O)cc2)[C@H](OC(C)=O)[C@@H](OC(C)=O)[C@H]1OC(C)=O. The van der Waals surface area contributed by atoms with Crippen LogP contribution in [0.15, 0.2) is 53.4 Å². The number of nitrogens with one attached hydrogen (secondary N) is 1. The second-order valence-electron chi connectivity index (χ2n) is 10.2. The van der Waals surface area contributed by atoms with Crippen molar-refractivity contribution in [2.24, 2.45) is 0 Å². The van der Waals surface area contributed by atoms with Gasteiger partial charge in [0.15, 0.2) is 24.1 Å². The van der Waals surface area contributed by atoms with Crippen LogP contribution in [0.3, 0.4) is 0 Å². The zero-order chi connectivity index (χ0) is 32.8. The molecule has 1 aliphatic rings. The molecule has 0 spiro atoms. The van der Waals surface area contributed by atoms with Crippen LogP contribution < -0.4 is 5.32 Å². The summed E-state index contributed by atoms with van der Waals surface area (Å²) in [7, 11) is 0. The van der Waals surface area contributed by atoms with Crippen LogP contribution in [0.5, 0.6) is 5.75 Å². The average Bonchev–Trinajstić information content (AvgIpc) is 2.96. The normalized spacial score (nSPS) is 21.0. The van der Waals surface area contributed by atoms with Crippen LogP contribution in [-0.4, -0.2) is 76.3 Å². The second kappa shape index (κ2) is 14.4. The smallest absolute Gasteiger partial charge is 0.303 e. The molecule has 1 saturated heterocycles. The Balaban J connectivity index is 1.56. The van der Waals surface area contributed by atoms with Crippen molar-refractivity contribution < 1.29 is 52.8 Å². The molecule has 13 nitrogen and oxygen atoms in total. The number of nitrogens with zero attached hydrogens (tertiary/aromatic N) is 1. The van der Waals surface area contributed by atoms with Gasteiger partial charge in [0.05, 0.1) is 5.56 Å². The maximum atomic E-state index is 13.0. The molecule has 0 saturated carbocycles. The number of phenols is 1. The molecular formula is C31H32N2O11S. The molecule has 5 atom stereocenters. The molecule has 2 heterocycles. The molecular weight excluding hydrogens is 608 g/mol. The summed E-state index contributed by atoms with van der Waals surface area (Å²) in [5.74, 6) is -3.54. The van der Waals surface area contributed by atoms with Crippen molar-refractivity contribution in [2.45, 2.75) is 69.4 Å². The lowest BCUT2D eigenvalue weighted by Crippen LogP contribution is -2.61. The summed E-state index contributed by atoms with van der Waals surface area (Å²) in [5.41, 5.74) is 0.482. The number of carbonyl (C=O) groups is 5. The second-order valence-corrected chi connectivity index (χ2v) is 11.3. The summed E-state index contributed by atoms with van der Waals surface area (Å²) in [5, 5.41) is 14.1. The third-order valence-electron chi connectivity index (χ3n) is 6.53. The third-order valence-corrected chi connectivity index (χ3v) is 7.69. The van der Waals surface area contributed by atoms with E-state index in [1.807, 2.05) is 6.07 Å². The highest BCUT2D eigenvalue weighted by molar-refractivity contribution is 7.99. The highest BCUT2D eigenvalue weighted by Crippen LogP contribution is 2.38. The van der Waals surface area contributed by atoms with Gasteiger partial charge in [0, 0.05) is 49.4 Å². The molecule has 1 fully saturated rings. The number of carbonyl (C=O) groups excluding carboxylic acids is 5. The predicted octanol–water partition coefficient (Wildman–Crippen LogP) is 3.68. The first kappa shape index (κ1) is 33.2. The Morgan fingerprint density at radius 2 is 1.42 bits per heavy atom. The molecule has 0 aliphatic carbocycles. The van der Waals surface area contributed by atoms with Gasteiger partial charge in [-0.1, -0.05) is 23.9 Å². The number of fused-ring (bicyclic) bond motifs is 1. The molecule has 45 heavy (non-hydrogen) atoms. The minimum atomic E-state index is -1.28. The van der Waals surface area contributed by atoms with Gasteiger partial charge in [-0.05, 0) is 43.3 Å². The van der Waals surface area contributed by atoms with E-state index in [0.717, 1.165) is 25.6 Å². The summed E-state index contributed by atoms with van der Waals surface area (Å²) < 4.78 is 27.6. The van der Waals surface area contributed by atoms with Gasteiger partial charge < -0.3 is 34.1 Å². The number of ether oxygens (including phenoxy) is 5. The number of esters is 4. The first-order valence-corrected chi connectivity index (χ1v) is 14.7. The van der Waals surface area contributed by atoms with E-state index in [-0.39, 0.29) is 17.9 Å². The highest BCUT2D eigenvalue weighted by atomic mass is 32.2. The van der Waals surface area contributed by atoms with Crippen LogP contribution >= 0.6 is 11.8 Å². The maximum absolute atomic E-state index is 13.0. The van der Waals surface area contributed by atoms with Crippen LogP contribution in [-0.2, 0) is 42.9 Å². The minimum absolute atomic E-state index is 0.0524. The third kappa shape index (κ3) is 8.48. The molecule has 3 aromatic rings. The van der Waals surface area contributed by atoms with Crippen molar-refractivity contribution >= 4 is 58.1 Å². The van der Waals surface area contributed by atoms with Crippen LogP contribution in [0.25, 0.3) is 10.9 Å². The molecule has 1 amide bonds. The van der Waals surface area contributed by atoms with Crippen LogP contribution in [0.1, 0.15) is 43.7 Å². The summed E-state index contributed by atoms with van der Waals surface area (Å²) >= 11 is 1.10. The quantitative estimate of drug-likeness (QED) is 0.256. The number of anilines is 1. The number of aryl methyl sites for hydroxylation is 1. The van der Waals surface area contributed by atoms with Crippen LogP contribution in [0.4, 0.5) is 5.69 Å². The molecule has 238 valence electrons. The number of hydrogen-bond acceptors (Lipinski definition) is 13. The van der Waals surface area contributed by atoms with Gasteiger partial charge in [0.2, 0.25) is 0 Å². The molecule has 14 heteroatoms. The lowest BCUT2D eigenvalue weighted by Gasteiger charge is -2.44. The Labute approximate surface area is 262 Å². The van der Waals surface area contributed by atoms with Gasteiger partial charge >= 0.3 is 23.9 Å². The number of hydrogen-bond donors (Lipinski definition) is 2. The van der Waals surface area contributed by atoms with Gasteiger partial charge in [-0.3, -0.25) is 24.0 Å². The van der Waals surface area contributed by atoms with Gasteiger partial charge in [-0.15, -0.1) is 0 Å². The molecule has 4 rings (SSSR count). The molecule has 0 bridgehead atoms. The van der Waals surface area contributed by atoms with Crippen molar-refractivity contribution in [1.29, 1.82) is 0 Å². The zero-order valence-corrected chi connectivity index (χ0v) is 25.9. The summed E-state index contributed by atoms with van der Waals surface area (Å²) in [6.45, 7) is 6.11. The van der Waals surface area contributed by atoms with Crippen molar-refractivity contribution in [3.05, 3.63) is 59.8 Å². The number of aromatic hydroxyl groups is 1. The Kier molecular flexibility index (Phi) is 10.6. The molecule has 2 aromatic carbocycles. The summed E-state index contributed by atoms with van der Waals surface area (Å²) in [4.78, 5) is 65.5. The van der Waals surface area contributed by atoms with Gasteiger partial charge in [0.25, 0.3) is 5.91 Å². The monoisotopic (exact) mass is 640 g/mol. The molecule has 1 aromatic heterocycles. The van der Waals surface area contributed by atoms with Gasteiger partial charge in [-0.25, -0.2) is 4.98 Å². The molecule has 1 aliphatic heterocycles. The largest absolute Gasteiger partial charge is 0.505 e. The zero-order valence-electron chi connectivity index (χ0n) is 25.1. The lowest BCUT2D eigenvalue weighted by atomic mass is 9.99. The van der Waals surface area contributed by atoms with E-state index in [9.17, 15) is 29.1 Å². The summed E-state index contributed by atoms with van der Waals surface area (Å²) in [6.07, 6.45) is -4.83. The Hall–Kier alpha value is -4.69. The van der Waals surface area contributed by atoms with E-state index in [1.54, 1.807) is 43.3 Å². The minimum Gasteiger partial charge on any atom is -0.505 e. The fourth-order valence-electron chi connectivity index (χ4n) is 4.69. The van der Waals surface area contributed by atoms with Crippen LogP contribution in [0.2, 0.25) is 0 Å². The summed E-state index contributed by atoms with van der Waals surface area (Å²) in [6, 6.07) is 13.4. The average molecular weight is 641 g/mol. The number of thioether (sulfide) groups is 1. The standard InChI is InChI=1S/C31H32N2O11S/c1-15-6-7-20-8-13-23(26(38)25(20)32-15)30(39)33-21-9-11-22(12-10-21)45-31-29(43-19(5)37)28(42-18(4)36)27(41-17(3)35)24(44-31)14-40-16(2)34/h6-13,24,27-29,31,38H,14H2,1-5H3,(H,33,39)/t24-,27+,28+,29-,31+/m1/s1. The fourth-order valence-corrected chi connectivity index (χ4v) is 5.79. The number of rotatable bonds is 9. The number of benzene rings is 2. The first-order valence-electron chi connectivity index (χ1n) is 13.8. The van der Waals surface area contributed by atoms with Crippen molar-refractivity contribution in [1.82, 2.24) is 4.98 Å². The van der Waals surface area contributed by atoms with Gasteiger partial charge in [0.1, 0.15) is 23.7 Å². The van der Waals surface area contributed by atoms with E-state index in [0.29, 0.717) is 27.2 Å². The topological polar surface area (TPSA) is 177 Å². The fraction of sp³-hybridized carbons (Fsp3) is 0.355. The highest BCUT2D eigenvalue weighted by Gasteiger charge is 2.52. The molecule has 0 radical (unpaired) electrons. The van der Waals surface area contributed by atoms with E-state index in [2.05, 4.69) is 10.3 Å². The molecule has 0 unspecified atom stereocenters. The van der Waals surface area contributed by atoms with Crippen LogP contribution in [0, 0.1) is 6.92 Å². The number of aromatic nitrogens is 1. The maximum Gasteiger partial charge on any atom is 0.303 e. The number of pyridine rings is 1. The predicted molar refractivity (Wildman–Crippen MR) is 160 cm³/mol. The van der Waals surface area contributed by atoms with E-state index < -0.39 is 59.6 Å². The van der Waals surface area contributed by atoms with Gasteiger partial charge in [-0.2, -0.15) is 0 Å². The first-order chi connectivity index (χ1) is 21.3. The van der Waals surface area contributed by atoms with E-state index >= 15 is 0 Å². The lowest BCUT2D eigenvalue weighted by molar-refractivity contribution is -0.237. The Morgan fingerprint density at radius 3 is 2.04 bits per heavy atom. The van der Waals surface area contributed by atoms with Crippen molar-refractivity contribution in [3.8, 4) is 5.75 Å². The van der Waals surface area contributed by atoms with E-state index in [1.165, 1.54) is 19.9 Å².